The number of nitrogens with one attached hydrogen (secondary N) is 1. The number of carbonyl (C=O) groups is 1. The van der Waals surface area contributed by atoms with E-state index in [1.54, 1.807) is 18.2 Å². The Morgan fingerprint density at radius 3 is 2.61 bits per heavy atom. The van der Waals surface area contributed by atoms with Gasteiger partial charge in [0.25, 0.3) is 11.6 Å². The van der Waals surface area contributed by atoms with Crippen molar-refractivity contribution in [1.29, 1.82) is 5.26 Å². The zero-order valence-corrected chi connectivity index (χ0v) is 17.4. The van der Waals surface area contributed by atoms with Crippen molar-refractivity contribution in [2.24, 2.45) is 0 Å². The number of amides is 1. The number of ether oxygens (including phenoxy) is 1. The maximum absolute atomic E-state index is 12.4. The average Bonchev–Trinajstić information content (AvgIpc) is 3.22. The number of anilines is 1. The molecule has 0 spiro atoms. The Balaban J connectivity index is 1.85. The standard InChI is InChI=1S/C21H13Cl2N3O5/c1-30-20-10-14(26(28)29)3-5-16(20)19-7-4-15(31-19)8-12(11-24)21(27)25-13-2-6-17(22)18(23)9-13/h2-10H,1H3,(H,25,27)/b12-8+. The van der Waals surface area contributed by atoms with Crippen LogP contribution in [-0.2, 0) is 4.79 Å². The first-order valence-corrected chi connectivity index (χ1v) is 9.39. The van der Waals surface area contributed by atoms with Gasteiger partial charge in [-0.05, 0) is 36.4 Å². The number of benzene rings is 2. The van der Waals surface area contributed by atoms with Crippen molar-refractivity contribution >= 4 is 46.6 Å². The van der Waals surface area contributed by atoms with Gasteiger partial charge in [0.1, 0.15) is 28.9 Å². The summed E-state index contributed by atoms with van der Waals surface area (Å²) in [5.74, 6) is 0.167. The third-order valence-corrected chi connectivity index (χ3v) is 4.86. The van der Waals surface area contributed by atoms with Crippen LogP contribution in [0.3, 0.4) is 0 Å². The monoisotopic (exact) mass is 457 g/mol. The summed E-state index contributed by atoms with van der Waals surface area (Å²) in [6.45, 7) is 0. The van der Waals surface area contributed by atoms with E-state index in [1.165, 1.54) is 43.5 Å². The molecule has 10 heteroatoms. The van der Waals surface area contributed by atoms with Crippen molar-refractivity contribution in [2.45, 2.75) is 0 Å². The molecule has 0 aliphatic carbocycles. The number of nitriles is 1. The van der Waals surface area contributed by atoms with Gasteiger partial charge in [0.05, 0.1) is 33.7 Å². The van der Waals surface area contributed by atoms with E-state index in [2.05, 4.69) is 5.32 Å². The second kappa shape index (κ2) is 9.34. The number of furan rings is 1. The van der Waals surface area contributed by atoms with Gasteiger partial charge in [-0.3, -0.25) is 14.9 Å². The predicted octanol–water partition coefficient (Wildman–Crippen LogP) is 5.72. The number of hydrogen-bond donors (Lipinski definition) is 1. The number of non-ortho nitro benzene ring substituents is 1. The van der Waals surface area contributed by atoms with Crippen LogP contribution in [0.2, 0.25) is 10.0 Å². The molecule has 0 fully saturated rings. The molecule has 31 heavy (non-hydrogen) atoms. The summed E-state index contributed by atoms with van der Waals surface area (Å²) in [7, 11) is 1.38. The summed E-state index contributed by atoms with van der Waals surface area (Å²) in [6.07, 6.45) is 1.27. The van der Waals surface area contributed by atoms with Gasteiger partial charge in [-0.1, -0.05) is 23.2 Å². The molecule has 0 radical (unpaired) electrons. The van der Waals surface area contributed by atoms with Crippen molar-refractivity contribution in [3.63, 3.8) is 0 Å². The van der Waals surface area contributed by atoms with Gasteiger partial charge < -0.3 is 14.5 Å². The number of nitro groups is 1. The summed E-state index contributed by atoms with van der Waals surface area (Å²) in [5.41, 5.74) is 0.517. The van der Waals surface area contributed by atoms with Crippen LogP contribution in [0, 0.1) is 21.4 Å². The highest BCUT2D eigenvalue weighted by molar-refractivity contribution is 6.42. The Morgan fingerprint density at radius 1 is 1.19 bits per heavy atom. The van der Waals surface area contributed by atoms with Crippen LogP contribution in [-0.4, -0.2) is 17.9 Å². The van der Waals surface area contributed by atoms with Gasteiger partial charge in [-0.2, -0.15) is 5.26 Å². The maximum atomic E-state index is 12.4. The van der Waals surface area contributed by atoms with E-state index in [0.29, 0.717) is 22.0 Å². The van der Waals surface area contributed by atoms with Gasteiger partial charge in [0.2, 0.25) is 0 Å². The van der Waals surface area contributed by atoms with Crippen LogP contribution in [0.25, 0.3) is 17.4 Å². The first kappa shape index (κ1) is 21.9. The van der Waals surface area contributed by atoms with Crippen molar-refractivity contribution in [2.75, 3.05) is 12.4 Å². The lowest BCUT2D eigenvalue weighted by Gasteiger charge is -2.06. The molecule has 3 aromatic rings. The topological polar surface area (TPSA) is 118 Å². The van der Waals surface area contributed by atoms with E-state index in [0.717, 1.165) is 0 Å². The second-order valence-electron chi connectivity index (χ2n) is 6.10. The van der Waals surface area contributed by atoms with E-state index in [9.17, 15) is 20.2 Å². The van der Waals surface area contributed by atoms with Crippen molar-refractivity contribution in [1.82, 2.24) is 0 Å². The fraction of sp³-hybridized carbons (Fsp3) is 0.0476. The SMILES string of the molecule is COc1cc([N+](=O)[O-])ccc1-c1ccc(/C=C(\C#N)C(=O)Nc2ccc(Cl)c(Cl)c2)o1. The van der Waals surface area contributed by atoms with Crippen LogP contribution in [0.5, 0.6) is 5.75 Å². The minimum Gasteiger partial charge on any atom is -0.496 e. The summed E-state index contributed by atoms with van der Waals surface area (Å²) in [6, 6.07) is 13.6. The van der Waals surface area contributed by atoms with E-state index in [4.69, 9.17) is 32.4 Å². The van der Waals surface area contributed by atoms with E-state index >= 15 is 0 Å². The van der Waals surface area contributed by atoms with Crippen LogP contribution >= 0.6 is 23.2 Å². The van der Waals surface area contributed by atoms with Crippen molar-refractivity contribution < 1.29 is 18.9 Å². The fourth-order valence-electron chi connectivity index (χ4n) is 2.64. The zero-order valence-electron chi connectivity index (χ0n) is 15.9. The number of carbonyl (C=O) groups excluding carboxylic acids is 1. The third kappa shape index (κ3) is 5.04. The highest BCUT2D eigenvalue weighted by Gasteiger charge is 2.16. The fourth-order valence-corrected chi connectivity index (χ4v) is 2.93. The van der Waals surface area contributed by atoms with Crippen molar-refractivity contribution in [3.8, 4) is 23.1 Å². The number of rotatable bonds is 6. The molecule has 0 saturated heterocycles. The Kier molecular flexibility index (Phi) is 6.60. The first-order chi connectivity index (χ1) is 14.8. The highest BCUT2D eigenvalue weighted by Crippen LogP contribution is 2.34. The minimum atomic E-state index is -0.660. The van der Waals surface area contributed by atoms with Gasteiger partial charge in [-0.15, -0.1) is 0 Å². The Morgan fingerprint density at radius 2 is 1.97 bits per heavy atom. The highest BCUT2D eigenvalue weighted by atomic mass is 35.5. The van der Waals surface area contributed by atoms with Crippen molar-refractivity contribution in [3.05, 3.63) is 80.0 Å². The molecule has 1 aromatic heterocycles. The molecule has 1 N–H and O–H groups in total. The molecule has 0 aliphatic rings. The number of halogens is 2. The molecule has 8 nitrogen and oxygen atoms in total. The number of nitrogens with zero attached hydrogens (tertiary/aromatic N) is 2. The molecule has 1 amide bonds. The zero-order chi connectivity index (χ0) is 22.5. The largest absolute Gasteiger partial charge is 0.496 e. The van der Waals surface area contributed by atoms with E-state index in [1.807, 2.05) is 6.07 Å². The predicted molar refractivity (Wildman–Crippen MR) is 116 cm³/mol. The Labute approximate surface area is 186 Å². The quantitative estimate of drug-likeness (QED) is 0.219. The van der Waals surface area contributed by atoms with Crippen LogP contribution in [0.15, 0.2) is 58.5 Å². The molecule has 3 rings (SSSR count). The number of nitro benzene ring substituents is 1. The molecular weight excluding hydrogens is 445 g/mol. The molecule has 0 atom stereocenters. The summed E-state index contributed by atoms with van der Waals surface area (Å²) < 4.78 is 10.9. The smallest absolute Gasteiger partial charge is 0.273 e. The van der Waals surface area contributed by atoms with Gasteiger partial charge in [0.15, 0.2) is 0 Å². The first-order valence-electron chi connectivity index (χ1n) is 8.63. The molecule has 1 heterocycles. The Hall–Kier alpha value is -3.80. The molecular formula is C21H13Cl2N3O5. The van der Waals surface area contributed by atoms with Gasteiger partial charge in [-0.25, -0.2) is 0 Å². The molecule has 0 aliphatic heterocycles. The second-order valence-corrected chi connectivity index (χ2v) is 6.91. The van der Waals surface area contributed by atoms with Crippen LogP contribution < -0.4 is 10.1 Å². The molecule has 0 unspecified atom stereocenters. The number of methoxy groups -OCH3 is 1. The number of hydrogen-bond acceptors (Lipinski definition) is 6. The lowest BCUT2D eigenvalue weighted by atomic mass is 10.1. The van der Waals surface area contributed by atoms with Gasteiger partial charge >= 0.3 is 0 Å². The normalized spacial score (nSPS) is 11.0. The lowest BCUT2D eigenvalue weighted by Crippen LogP contribution is -2.13. The van der Waals surface area contributed by atoms with Crippen LogP contribution in [0.1, 0.15) is 5.76 Å². The Bertz CT molecular complexity index is 1240. The minimum absolute atomic E-state index is 0.127. The molecule has 0 bridgehead atoms. The van der Waals surface area contributed by atoms with Gasteiger partial charge in [0, 0.05) is 17.8 Å². The molecule has 0 saturated carbocycles. The summed E-state index contributed by atoms with van der Waals surface area (Å²) in [5, 5.41) is 23.5. The molecule has 156 valence electrons. The van der Waals surface area contributed by atoms with E-state index in [-0.39, 0.29) is 27.8 Å². The third-order valence-electron chi connectivity index (χ3n) is 4.12. The maximum Gasteiger partial charge on any atom is 0.273 e. The molecule has 2 aromatic carbocycles. The lowest BCUT2D eigenvalue weighted by molar-refractivity contribution is -0.384. The van der Waals surface area contributed by atoms with Crippen LogP contribution in [0.4, 0.5) is 11.4 Å². The summed E-state index contributed by atoms with van der Waals surface area (Å²) in [4.78, 5) is 22.8. The average molecular weight is 458 g/mol. The summed E-state index contributed by atoms with van der Waals surface area (Å²) >= 11 is 11.8. The van der Waals surface area contributed by atoms with E-state index < -0.39 is 10.8 Å².